The van der Waals surface area contributed by atoms with Gasteiger partial charge >= 0.3 is 6.09 Å². The number of unbranched alkanes of at least 4 members (excludes halogenated alkanes) is 1. The van der Waals surface area contributed by atoms with Crippen LogP contribution >= 0.6 is 0 Å². The van der Waals surface area contributed by atoms with Crippen LogP contribution in [0.2, 0.25) is 0 Å². The molecule has 0 N–H and O–H groups in total. The second-order valence-corrected chi connectivity index (χ2v) is 4.93. The molecule has 116 valence electrons. The van der Waals surface area contributed by atoms with Gasteiger partial charge in [0.2, 0.25) is 0 Å². The average molecular weight is 300 g/mol. The lowest BCUT2D eigenvalue weighted by Crippen LogP contribution is -2.42. The van der Waals surface area contributed by atoms with Crippen molar-refractivity contribution in [3.05, 3.63) is 65.5 Å². The highest BCUT2D eigenvalue weighted by Crippen LogP contribution is 2.12. The molecule has 1 aromatic carbocycles. The molecule has 1 amide bonds. The van der Waals surface area contributed by atoms with Crippen molar-refractivity contribution >= 4 is 11.9 Å². The first kappa shape index (κ1) is 15.8. The molecule has 5 nitrogen and oxygen atoms in total. The van der Waals surface area contributed by atoms with Crippen LogP contribution in [0, 0.1) is 5.21 Å². The lowest BCUT2D eigenvalue weighted by molar-refractivity contribution is -0.591. The van der Waals surface area contributed by atoms with E-state index in [4.69, 9.17) is 4.74 Å². The van der Waals surface area contributed by atoms with Gasteiger partial charge in [-0.3, -0.25) is 0 Å². The molecule has 0 aliphatic carbocycles. The highest BCUT2D eigenvalue weighted by molar-refractivity contribution is 5.85. The van der Waals surface area contributed by atoms with Gasteiger partial charge in [0.15, 0.2) is 0 Å². The highest BCUT2D eigenvalue weighted by Gasteiger charge is 2.26. The van der Waals surface area contributed by atoms with Gasteiger partial charge in [0.1, 0.15) is 6.61 Å². The van der Waals surface area contributed by atoms with Crippen LogP contribution in [-0.4, -0.2) is 12.6 Å². The molecule has 2 rings (SSSR count). The largest absolute Gasteiger partial charge is 0.711 e. The Morgan fingerprint density at radius 3 is 2.59 bits per heavy atom. The van der Waals surface area contributed by atoms with Gasteiger partial charge in [-0.2, -0.15) is 9.69 Å². The molecule has 0 spiro atoms. The third kappa shape index (κ3) is 4.22. The number of benzene rings is 1. The predicted octanol–water partition coefficient (Wildman–Crippen LogP) is 3.26. The zero-order valence-corrected chi connectivity index (χ0v) is 12.6. The van der Waals surface area contributed by atoms with Crippen LogP contribution in [0.1, 0.15) is 25.3 Å². The minimum atomic E-state index is -0.506. The summed E-state index contributed by atoms with van der Waals surface area (Å²) in [5.41, 5.74) is 0.911. The number of aromatic nitrogens is 1. The quantitative estimate of drug-likeness (QED) is 0.608. The van der Waals surface area contributed by atoms with Gasteiger partial charge in [-0.15, -0.1) is 0 Å². The van der Waals surface area contributed by atoms with Gasteiger partial charge in [0, 0.05) is 6.07 Å². The smallest absolute Gasteiger partial charge is 0.507 e. The van der Waals surface area contributed by atoms with Gasteiger partial charge in [0.25, 0.3) is 5.82 Å². The van der Waals surface area contributed by atoms with Gasteiger partial charge in [0.05, 0.1) is 12.7 Å². The summed E-state index contributed by atoms with van der Waals surface area (Å²) in [6, 6.07) is 14.4. The molecule has 0 atom stereocenters. The van der Waals surface area contributed by atoms with E-state index in [1.807, 2.05) is 37.3 Å². The van der Waals surface area contributed by atoms with E-state index in [9.17, 15) is 10.0 Å². The highest BCUT2D eigenvalue weighted by atomic mass is 16.6. The molecule has 0 radical (unpaired) electrons. The van der Waals surface area contributed by atoms with E-state index >= 15 is 0 Å². The monoisotopic (exact) mass is 300 g/mol. The van der Waals surface area contributed by atoms with E-state index in [1.165, 1.54) is 11.1 Å². The van der Waals surface area contributed by atoms with E-state index in [1.54, 1.807) is 18.2 Å². The number of pyridine rings is 1. The summed E-state index contributed by atoms with van der Waals surface area (Å²) in [6.07, 6.45) is 2.59. The van der Waals surface area contributed by atoms with E-state index < -0.39 is 6.09 Å². The van der Waals surface area contributed by atoms with E-state index in [0.717, 1.165) is 18.4 Å². The van der Waals surface area contributed by atoms with Crippen molar-refractivity contribution in [2.24, 2.45) is 0 Å². The molecule has 1 aromatic heterocycles. The number of amides is 1. The molecule has 0 aliphatic heterocycles. The Hall–Kier alpha value is -2.56. The number of carbonyl (C=O) groups excluding carboxylic acids is 1. The third-order valence-corrected chi connectivity index (χ3v) is 3.24. The zero-order valence-electron chi connectivity index (χ0n) is 12.6. The Balaban J connectivity index is 2.08. The second-order valence-electron chi connectivity index (χ2n) is 4.93. The summed E-state index contributed by atoms with van der Waals surface area (Å²) in [5, 5.41) is 11.9. The summed E-state index contributed by atoms with van der Waals surface area (Å²) in [7, 11) is 0. The molecule has 0 saturated carbocycles. The summed E-state index contributed by atoms with van der Waals surface area (Å²) >= 11 is 0. The first-order valence-electron chi connectivity index (χ1n) is 7.38. The van der Waals surface area contributed by atoms with Crippen LogP contribution in [0.3, 0.4) is 0 Å². The number of carbonyl (C=O) groups is 1. The number of anilines is 1. The maximum absolute atomic E-state index is 12.3. The Morgan fingerprint density at radius 1 is 1.18 bits per heavy atom. The first-order chi connectivity index (χ1) is 10.7. The van der Waals surface area contributed by atoms with Crippen molar-refractivity contribution in [1.29, 1.82) is 0 Å². The lowest BCUT2D eigenvalue weighted by atomic mass is 10.2. The topological polar surface area (TPSA) is 56.5 Å². The molecule has 0 fully saturated rings. The molecule has 0 saturated heterocycles. The average Bonchev–Trinajstić information content (AvgIpc) is 2.55. The third-order valence-electron chi connectivity index (χ3n) is 3.24. The lowest BCUT2D eigenvalue weighted by Gasteiger charge is -2.18. The Kier molecular flexibility index (Phi) is 5.77. The van der Waals surface area contributed by atoms with Crippen LogP contribution in [0.4, 0.5) is 10.6 Å². The van der Waals surface area contributed by atoms with Crippen molar-refractivity contribution in [1.82, 2.24) is 0 Å². The van der Waals surface area contributed by atoms with Crippen molar-refractivity contribution in [2.45, 2.75) is 26.4 Å². The fraction of sp³-hybridized carbons (Fsp3) is 0.294. The van der Waals surface area contributed by atoms with Crippen molar-refractivity contribution in [3.8, 4) is 0 Å². The number of rotatable bonds is 6. The molecule has 5 heteroatoms. The number of ether oxygens (including phenoxy) is 1. The summed E-state index contributed by atoms with van der Waals surface area (Å²) in [5.74, 6) is 0.286. The maximum atomic E-state index is 12.3. The van der Waals surface area contributed by atoms with Gasteiger partial charge < -0.3 is 9.94 Å². The SMILES string of the molecule is CCCCN(C(=O)OCc1ccccc1)c1cccc[n+]1[O-]. The maximum Gasteiger partial charge on any atom is 0.507 e. The molecule has 22 heavy (non-hydrogen) atoms. The van der Waals surface area contributed by atoms with Gasteiger partial charge in [-0.05, 0) is 18.1 Å². The fourth-order valence-electron chi connectivity index (χ4n) is 2.04. The van der Waals surface area contributed by atoms with E-state index in [2.05, 4.69) is 0 Å². The molecule has 0 unspecified atom stereocenters. The van der Waals surface area contributed by atoms with E-state index in [-0.39, 0.29) is 12.4 Å². The standard InChI is InChI=1S/C17H20N2O3/c1-2-3-12-18(16-11-7-8-13-19(16)21)17(20)22-14-15-9-5-4-6-10-15/h4-11,13H,2-3,12,14H2,1H3. The molecular weight excluding hydrogens is 280 g/mol. The fourth-order valence-corrected chi connectivity index (χ4v) is 2.04. The van der Waals surface area contributed by atoms with Crippen LogP contribution in [0.5, 0.6) is 0 Å². The van der Waals surface area contributed by atoms with E-state index in [0.29, 0.717) is 11.3 Å². The van der Waals surface area contributed by atoms with Crippen LogP contribution < -0.4 is 9.63 Å². The molecule has 0 bridgehead atoms. The number of nitrogens with zero attached hydrogens (tertiary/aromatic N) is 2. The van der Waals surface area contributed by atoms with Gasteiger partial charge in [-0.25, -0.2) is 4.73 Å². The summed E-state index contributed by atoms with van der Waals surface area (Å²) in [6.45, 7) is 2.67. The van der Waals surface area contributed by atoms with Crippen molar-refractivity contribution in [3.63, 3.8) is 0 Å². The Labute approximate surface area is 130 Å². The number of hydrogen-bond donors (Lipinski definition) is 0. The molecule has 2 aromatic rings. The number of hydrogen-bond acceptors (Lipinski definition) is 3. The Bertz CT molecular complexity index is 602. The molecular formula is C17H20N2O3. The van der Waals surface area contributed by atoms with Crippen LogP contribution in [0.15, 0.2) is 54.7 Å². The molecule has 1 heterocycles. The first-order valence-corrected chi connectivity index (χ1v) is 7.38. The zero-order chi connectivity index (χ0) is 15.8. The second kappa shape index (κ2) is 8.02. The summed E-state index contributed by atoms with van der Waals surface area (Å²) in [4.78, 5) is 13.7. The minimum Gasteiger partial charge on any atom is -0.711 e. The summed E-state index contributed by atoms with van der Waals surface area (Å²) < 4.78 is 6.01. The van der Waals surface area contributed by atoms with Crippen LogP contribution in [-0.2, 0) is 11.3 Å². The van der Waals surface area contributed by atoms with Gasteiger partial charge in [-0.1, -0.05) is 49.7 Å². The Morgan fingerprint density at radius 2 is 1.91 bits per heavy atom. The van der Waals surface area contributed by atoms with Crippen LogP contribution in [0.25, 0.3) is 0 Å². The normalized spacial score (nSPS) is 10.2. The minimum absolute atomic E-state index is 0.188. The van der Waals surface area contributed by atoms with Crippen molar-refractivity contribution < 1.29 is 14.3 Å². The molecule has 0 aliphatic rings. The van der Waals surface area contributed by atoms with Crippen molar-refractivity contribution in [2.75, 3.05) is 11.4 Å². The predicted molar refractivity (Wildman–Crippen MR) is 84.3 cm³/mol.